The highest BCUT2D eigenvalue weighted by molar-refractivity contribution is 7.89. The Hall–Kier alpha value is -1.02. The second-order valence-electron chi connectivity index (χ2n) is 5.28. The number of pyridine rings is 1. The summed E-state index contributed by atoms with van der Waals surface area (Å²) in [7, 11) is -3.67. The molecular weight excluding hydrogens is 290 g/mol. The first-order valence-corrected chi connectivity index (χ1v) is 8.82. The molecule has 1 aliphatic carbocycles. The number of rotatable bonds is 6. The Bertz CT molecular complexity index is 556. The van der Waals surface area contributed by atoms with Crippen LogP contribution in [0.4, 0.5) is 0 Å². The van der Waals surface area contributed by atoms with Gasteiger partial charge in [-0.25, -0.2) is 8.42 Å². The highest BCUT2D eigenvalue weighted by Crippen LogP contribution is 2.28. The van der Waals surface area contributed by atoms with Gasteiger partial charge in [0.25, 0.3) is 0 Å². The van der Waals surface area contributed by atoms with Crippen molar-refractivity contribution in [1.29, 1.82) is 0 Å². The maximum absolute atomic E-state index is 12.9. The highest BCUT2D eigenvalue weighted by atomic mass is 32.2. The van der Waals surface area contributed by atoms with Crippen molar-refractivity contribution in [3.05, 3.63) is 24.0 Å². The molecule has 1 heterocycles. The van der Waals surface area contributed by atoms with Crippen LogP contribution in [0.15, 0.2) is 23.2 Å². The Morgan fingerprint density at radius 2 is 2.05 bits per heavy atom. The van der Waals surface area contributed by atoms with Crippen LogP contribution in [0, 0.1) is 0 Å². The molecule has 3 N–H and O–H groups in total. The number of hydrogen-bond acceptors (Lipinski definition) is 5. The van der Waals surface area contributed by atoms with Crippen molar-refractivity contribution in [2.24, 2.45) is 5.73 Å². The number of aliphatic hydroxyl groups excluding tert-OH is 1. The summed E-state index contributed by atoms with van der Waals surface area (Å²) in [6.45, 7) is 0.00684. The van der Waals surface area contributed by atoms with Crippen LogP contribution >= 0.6 is 0 Å². The van der Waals surface area contributed by atoms with E-state index in [4.69, 9.17) is 5.73 Å². The summed E-state index contributed by atoms with van der Waals surface area (Å²) in [5, 5.41) is 9.26. The van der Waals surface area contributed by atoms with Crippen molar-refractivity contribution in [2.45, 2.75) is 49.6 Å². The van der Waals surface area contributed by atoms with E-state index in [1.54, 1.807) is 6.07 Å². The van der Waals surface area contributed by atoms with Crippen molar-refractivity contribution in [3.63, 3.8) is 0 Å². The number of nitrogens with zero attached hydrogens (tertiary/aromatic N) is 2. The summed E-state index contributed by atoms with van der Waals surface area (Å²) >= 11 is 0. The van der Waals surface area contributed by atoms with Gasteiger partial charge < -0.3 is 10.8 Å². The normalized spacial score (nSPS) is 17.3. The smallest absolute Gasteiger partial charge is 0.245 e. The fourth-order valence-electron chi connectivity index (χ4n) is 2.90. The maximum atomic E-state index is 12.9. The van der Waals surface area contributed by atoms with E-state index in [-0.39, 0.29) is 30.6 Å². The summed E-state index contributed by atoms with van der Waals surface area (Å²) in [5.74, 6) is 0. The zero-order chi connectivity index (χ0) is 15.3. The third-order valence-corrected chi connectivity index (χ3v) is 5.96. The van der Waals surface area contributed by atoms with Gasteiger partial charge in [0.2, 0.25) is 10.0 Å². The number of aromatic nitrogens is 1. The Kier molecular flexibility index (Phi) is 5.69. The first kappa shape index (κ1) is 16.4. The van der Waals surface area contributed by atoms with E-state index < -0.39 is 10.0 Å². The molecule has 0 radical (unpaired) electrons. The molecule has 1 aliphatic rings. The lowest BCUT2D eigenvalue weighted by molar-refractivity contribution is 0.199. The van der Waals surface area contributed by atoms with Gasteiger partial charge in [0, 0.05) is 25.3 Å². The van der Waals surface area contributed by atoms with Crippen LogP contribution in [0.2, 0.25) is 0 Å². The molecule has 1 aromatic rings. The van der Waals surface area contributed by atoms with Crippen LogP contribution in [0.3, 0.4) is 0 Å². The number of aliphatic hydroxyl groups is 1. The van der Waals surface area contributed by atoms with Crippen LogP contribution in [0.5, 0.6) is 0 Å². The lowest BCUT2D eigenvalue weighted by Crippen LogP contribution is -2.43. The van der Waals surface area contributed by atoms with Crippen molar-refractivity contribution in [3.8, 4) is 0 Å². The predicted octanol–water partition coefficient (Wildman–Crippen LogP) is 0.856. The average Bonchev–Trinajstić information content (AvgIpc) is 2.53. The molecule has 2 rings (SSSR count). The fraction of sp³-hybridized carbons (Fsp3) is 0.643. The van der Waals surface area contributed by atoms with Crippen molar-refractivity contribution in [1.82, 2.24) is 9.29 Å². The molecule has 0 saturated heterocycles. The van der Waals surface area contributed by atoms with Crippen molar-refractivity contribution < 1.29 is 13.5 Å². The van der Waals surface area contributed by atoms with Gasteiger partial charge in [0.15, 0.2) is 0 Å². The second-order valence-corrected chi connectivity index (χ2v) is 7.14. The molecule has 6 nitrogen and oxygen atoms in total. The van der Waals surface area contributed by atoms with Gasteiger partial charge >= 0.3 is 0 Å². The summed E-state index contributed by atoms with van der Waals surface area (Å²) < 4.78 is 27.3. The van der Waals surface area contributed by atoms with E-state index >= 15 is 0 Å². The van der Waals surface area contributed by atoms with E-state index in [0.717, 1.165) is 32.1 Å². The lowest BCUT2D eigenvalue weighted by atomic mass is 9.95. The van der Waals surface area contributed by atoms with Crippen LogP contribution in [-0.4, -0.2) is 42.0 Å². The molecule has 0 aromatic carbocycles. The van der Waals surface area contributed by atoms with E-state index in [1.165, 1.54) is 16.6 Å². The zero-order valence-corrected chi connectivity index (χ0v) is 12.9. The molecule has 0 atom stereocenters. The van der Waals surface area contributed by atoms with Crippen molar-refractivity contribution in [2.75, 3.05) is 13.2 Å². The molecule has 0 spiro atoms. The first-order valence-electron chi connectivity index (χ1n) is 7.38. The maximum Gasteiger partial charge on any atom is 0.245 e. The molecule has 7 heteroatoms. The number of sulfonamides is 1. The van der Waals surface area contributed by atoms with Crippen LogP contribution in [0.25, 0.3) is 0 Å². The minimum atomic E-state index is -3.67. The predicted molar refractivity (Wildman–Crippen MR) is 80.0 cm³/mol. The quantitative estimate of drug-likeness (QED) is 0.812. The molecular formula is C14H23N3O3S. The number of nitrogens with two attached hydrogens (primary N) is 1. The largest absolute Gasteiger partial charge is 0.395 e. The van der Waals surface area contributed by atoms with Gasteiger partial charge in [-0.2, -0.15) is 4.31 Å². The summed E-state index contributed by atoms with van der Waals surface area (Å²) in [6, 6.07) is 3.10. The molecule has 0 amide bonds. The summed E-state index contributed by atoms with van der Waals surface area (Å²) in [5.41, 5.74) is 5.98. The van der Waals surface area contributed by atoms with Gasteiger partial charge in [-0.1, -0.05) is 19.3 Å². The Balaban J connectivity index is 2.37. The first-order chi connectivity index (χ1) is 10.1. The zero-order valence-electron chi connectivity index (χ0n) is 12.1. The van der Waals surface area contributed by atoms with Crippen molar-refractivity contribution >= 4 is 10.0 Å². The van der Waals surface area contributed by atoms with Crippen LogP contribution in [-0.2, 0) is 16.6 Å². The molecule has 1 saturated carbocycles. The molecule has 118 valence electrons. The molecule has 0 bridgehead atoms. The Morgan fingerprint density at radius 1 is 1.33 bits per heavy atom. The summed E-state index contributed by atoms with van der Waals surface area (Å²) in [4.78, 5) is 4.22. The second kappa shape index (κ2) is 7.31. The fourth-order valence-corrected chi connectivity index (χ4v) is 4.77. The average molecular weight is 313 g/mol. The standard InChI is InChI=1S/C14H23N3O3S/c15-11-13-14(7-4-8-16-13)21(19,20)17(9-10-18)12-5-2-1-3-6-12/h4,7-8,12,18H,1-3,5-6,9-11,15H2. The highest BCUT2D eigenvalue weighted by Gasteiger charge is 2.33. The molecule has 1 aromatic heterocycles. The van der Waals surface area contributed by atoms with E-state index in [2.05, 4.69) is 4.98 Å². The number of hydrogen-bond donors (Lipinski definition) is 2. The third-order valence-electron chi connectivity index (χ3n) is 3.93. The Morgan fingerprint density at radius 3 is 2.67 bits per heavy atom. The van der Waals surface area contributed by atoms with Gasteiger partial charge in [-0.3, -0.25) is 4.98 Å². The minimum absolute atomic E-state index is 0.0401. The van der Waals surface area contributed by atoms with E-state index in [1.807, 2.05) is 0 Å². The molecule has 0 aliphatic heterocycles. The topological polar surface area (TPSA) is 96.5 Å². The molecule has 0 unspecified atom stereocenters. The van der Waals surface area contributed by atoms with Gasteiger partial charge in [0.1, 0.15) is 4.90 Å². The molecule has 21 heavy (non-hydrogen) atoms. The molecule has 1 fully saturated rings. The SMILES string of the molecule is NCc1ncccc1S(=O)(=O)N(CCO)C1CCCCC1. The minimum Gasteiger partial charge on any atom is -0.395 e. The van der Waals surface area contributed by atoms with E-state index in [9.17, 15) is 13.5 Å². The third kappa shape index (κ3) is 3.60. The monoisotopic (exact) mass is 313 g/mol. The summed E-state index contributed by atoms with van der Waals surface area (Å²) in [6.07, 6.45) is 6.43. The van der Waals surface area contributed by atoms with Gasteiger partial charge in [-0.05, 0) is 25.0 Å². The van der Waals surface area contributed by atoms with Gasteiger partial charge in [0.05, 0.1) is 12.3 Å². The van der Waals surface area contributed by atoms with Crippen LogP contribution < -0.4 is 5.73 Å². The van der Waals surface area contributed by atoms with Gasteiger partial charge in [-0.15, -0.1) is 0 Å². The van der Waals surface area contributed by atoms with E-state index in [0.29, 0.717) is 5.69 Å². The van der Waals surface area contributed by atoms with Crippen LogP contribution in [0.1, 0.15) is 37.8 Å². The lowest BCUT2D eigenvalue weighted by Gasteiger charge is -2.33. The Labute approximate surface area is 126 Å².